The van der Waals surface area contributed by atoms with E-state index in [9.17, 15) is 26.4 Å². The van der Waals surface area contributed by atoms with Crippen LogP contribution in [0, 0.1) is 0 Å². The van der Waals surface area contributed by atoms with E-state index in [0.717, 1.165) is 24.5 Å². The highest BCUT2D eigenvalue weighted by Crippen LogP contribution is 2.32. The quantitative estimate of drug-likeness (QED) is 0.674. The lowest BCUT2D eigenvalue weighted by atomic mass is 9.87. The molecule has 0 bridgehead atoms. The molecule has 5 nitrogen and oxygen atoms in total. The van der Waals surface area contributed by atoms with Crippen molar-refractivity contribution in [3.63, 3.8) is 0 Å². The smallest absolute Gasteiger partial charge is 0.481 e. The summed E-state index contributed by atoms with van der Waals surface area (Å²) in [6.45, 7) is 0. The second kappa shape index (κ2) is 5.79. The Morgan fingerprint density at radius 2 is 1.86 bits per heavy atom. The SMILES string of the molecule is O=C(O)Cc1cc(OS(=O)(=O)C(F)(F)F)cc2c1CCCC2. The summed E-state index contributed by atoms with van der Waals surface area (Å²) >= 11 is 0. The minimum absolute atomic E-state index is 0.289. The van der Waals surface area contributed by atoms with E-state index in [0.29, 0.717) is 18.4 Å². The van der Waals surface area contributed by atoms with Crippen LogP contribution in [0.2, 0.25) is 0 Å². The van der Waals surface area contributed by atoms with Crippen LogP contribution in [0.25, 0.3) is 0 Å². The average Bonchev–Trinajstić information content (AvgIpc) is 2.36. The summed E-state index contributed by atoms with van der Waals surface area (Å²) in [5, 5.41) is 8.88. The Bertz CT molecular complexity index is 694. The van der Waals surface area contributed by atoms with Gasteiger partial charge in [-0.1, -0.05) is 0 Å². The molecule has 0 fully saturated rings. The Morgan fingerprint density at radius 1 is 1.23 bits per heavy atom. The molecule has 0 unspecified atom stereocenters. The number of fused-ring (bicyclic) bond motifs is 1. The lowest BCUT2D eigenvalue weighted by Crippen LogP contribution is -2.28. The summed E-state index contributed by atoms with van der Waals surface area (Å²) in [5.74, 6) is -1.65. The fourth-order valence-corrected chi connectivity index (χ4v) is 2.91. The van der Waals surface area contributed by atoms with Crippen LogP contribution in [0.5, 0.6) is 5.75 Å². The number of aliphatic carboxylic acids is 1. The van der Waals surface area contributed by atoms with Gasteiger partial charge in [0.2, 0.25) is 0 Å². The molecule has 0 atom stereocenters. The number of carboxylic acids is 1. The van der Waals surface area contributed by atoms with Crippen LogP contribution in [0.3, 0.4) is 0 Å². The second-order valence-electron chi connectivity index (χ2n) is 4.98. The third-order valence-electron chi connectivity index (χ3n) is 3.36. The number of hydrogen-bond acceptors (Lipinski definition) is 4. The Hall–Kier alpha value is -1.77. The van der Waals surface area contributed by atoms with Gasteiger partial charge in [-0.05, 0) is 54.5 Å². The predicted octanol–water partition coefficient (Wildman–Crippen LogP) is 2.42. The molecule has 0 saturated carbocycles. The van der Waals surface area contributed by atoms with Crippen LogP contribution in [0.1, 0.15) is 29.5 Å². The van der Waals surface area contributed by atoms with Gasteiger partial charge in [0.25, 0.3) is 0 Å². The molecular formula is C13H13F3O5S. The van der Waals surface area contributed by atoms with Crippen molar-refractivity contribution < 1.29 is 35.7 Å². The molecule has 0 aliphatic heterocycles. The molecular weight excluding hydrogens is 325 g/mol. The van der Waals surface area contributed by atoms with Gasteiger partial charge in [0.05, 0.1) is 6.42 Å². The molecule has 0 radical (unpaired) electrons. The van der Waals surface area contributed by atoms with Crippen molar-refractivity contribution >= 4 is 16.1 Å². The van der Waals surface area contributed by atoms with Crippen LogP contribution in [-0.2, 0) is 34.2 Å². The molecule has 0 saturated heterocycles. The second-order valence-corrected chi connectivity index (χ2v) is 6.52. The molecule has 0 amide bonds. The minimum atomic E-state index is -5.77. The maximum Gasteiger partial charge on any atom is 0.534 e. The molecule has 122 valence electrons. The zero-order valence-corrected chi connectivity index (χ0v) is 12.1. The summed E-state index contributed by atoms with van der Waals surface area (Å²) in [6, 6.07) is 2.30. The number of carbonyl (C=O) groups is 1. The van der Waals surface area contributed by atoms with Gasteiger partial charge in [-0.25, -0.2) is 0 Å². The third-order valence-corrected chi connectivity index (χ3v) is 4.34. The molecule has 0 heterocycles. The molecule has 0 aromatic heterocycles. The summed E-state index contributed by atoms with van der Waals surface area (Å²) < 4.78 is 63.3. The zero-order chi connectivity index (χ0) is 16.5. The average molecular weight is 338 g/mol. The number of halogens is 3. The van der Waals surface area contributed by atoms with Gasteiger partial charge in [0.15, 0.2) is 0 Å². The molecule has 1 aliphatic rings. The first-order valence-electron chi connectivity index (χ1n) is 6.47. The van der Waals surface area contributed by atoms with E-state index in [2.05, 4.69) is 4.18 Å². The molecule has 9 heteroatoms. The highest BCUT2D eigenvalue weighted by molar-refractivity contribution is 7.88. The van der Waals surface area contributed by atoms with Crippen LogP contribution in [0.4, 0.5) is 13.2 Å². The van der Waals surface area contributed by atoms with Crippen LogP contribution in [-0.4, -0.2) is 25.0 Å². The Labute approximate surface area is 124 Å². The molecule has 0 spiro atoms. The van der Waals surface area contributed by atoms with E-state index in [4.69, 9.17) is 5.11 Å². The zero-order valence-electron chi connectivity index (χ0n) is 11.3. The first kappa shape index (κ1) is 16.6. The van der Waals surface area contributed by atoms with E-state index >= 15 is 0 Å². The van der Waals surface area contributed by atoms with Gasteiger partial charge >= 0.3 is 21.6 Å². The largest absolute Gasteiger partial charge is 0.534 e. The number of aryl methyl sites for hydroxylation is 1. The maximum atomic E-state index is 12.4. The summed E-state index contributed by atoms with van der Waals surface area (Å²) in [5.41, 5.74) is -3.85. The monoisotopic (exact) mass is 338 g/mol. The highest BCUT2D eigenvalue weighted by Gasteiger charge is 2.48. The standard InChI is InChI=1S/C13H13F3O5S/c14-13(15,16)22(19,20)21-10-5-8-3-1-2-4-11(8)9(6-10)7-12(17)18/h5-6H,1-4,7H2,(H,17,18). The van der Waals surface area contributed by atoms with Crippen molar-refractivity contribution in [3.8, 4) is 5.75 Å². The molecule has 1 aromatic carbocycles. The Kier molecular flexibility index (Phi) is 4.37. The van der Waals surface area contributed by atoms with Gasteiger partial charge in [-0.2, -0.15) is 21.6 Å². The van der Waals surface area contributed by atoms with Gasteiger partial charge in [0.1, 0.15) is 5.75 Å². The number of benzene rings is 1. The van der Waals surface area contributed by atoms with Crippen LogP contribution >= 0.6 is 0 Å². The fraction of sp³-hybridized carbons (Fsp3) is 0.462. The summed E-state index contributed by atoms with van der Waals surface area (Å²) in [6.07, 6.45) is 2.41. The van der Waals surface area contributed by atoms with E-state index in [1.54, 1.807) is 0 Å². The van der Waals surface area contributed by atoms with Gasteiger partial charge < -0.3 is 9.29 Å². The summed E-state index contributed by atoms with van der Waals surface area (Å²) in [4.78, 5) is 10.9. The van der Waals surface area contributed by atoms with Crippen molar-refractivity contribution in [2.45, 2.75) is 37.6 Å². The molecule has 22 heavy (non-hydrogen) atoms. The number of carboxylic acid groups (broad SMARTS) is 1. The number of rotatable bonds is 4. The van der Waals surface area contributed by atoms with E-state index in [1.165, 1.54) is 6.07 Å². The van der Waals surface area contributed by atoms with Crippen molar-refractivity contribution in [1.29, 1.82) is 0 Å². The molecule has 1 aromatic rings. The van der Waals surface area contributed by atoms with Gasteiger partial charge in [-0.3, -0.25) is 4.79 Å². The minimum Gasteiger partial charge on any atom is -0.481 e. The first-order valence-corrected chi connectivity index (χ1v) is 7.88. The van der Waals surface area contributed by atoms with Crippen molar-refractivity contribution in [3.05, 3.63) is 28.8 Å². The lowest BCUT2D eigenvalue weighted by molar-refractivity contribution is -0.136. The normalized spacial score (nSPS) is 15.2. The van der Waals surface area contributed by atoms with Crippen molar-refractivity contribution in [2.75, 3.05) is 0 Å². The lowest BCUT2D eigenvalue weighted by Gasteiger charge is -2.20. The van der Waals surface area contributed by atoms with Crippen molar-refractivity contribution in [1.82, 2.24) is 0 Å². The summed E-state index contributed by atoms with van der Waals surface area (Å²) in [7, 11) is -5.77. The Morgan fingerprint density at radius 3 is 2.45 bits per heavy atom. The number of hydrogen-bond donors (Lipinski definition) is 1. The maximum absolute atomic E-state index is 12.4. The molecule has 1 aliphatic carbocycles. The highest BCUT2D eigenvalue weighted by atomic mass is 32.2. The first-order chi connectivity index (χ1) is 10.1. The fourth-order valence-electron chi connectivity index (χ4n) is 2.47. The van der Waals surface area contributed by atoms with Crippen LogP contribution < -0.4 is 4.18 Å². The molecule has 2 rings (SSSR count). The molecule has 1 N–H and O–H groups in total. The van der Waals surface area contributed by atoms with Gasteiger partial charge in [0, 0.05) is 0 Å². The Balaban J connectivity index is 2.43. The topological polar surface area (TPSA) is 80.7 Å². The van der Waals surface area contributed by atoms with E-state index in [1.807, 2.05) is 0 Å². The number of alkyl halides is 3. The van der Waals surface area contributed by atoms with Crippen LogP contribution in [0.15, 0.2) is 12.1 Å². The van der Waals surface area contributed by atoms with Gasteiger partial charge in [-0.15, -0.1) is 0 Å². The van der Waals surface area contributed by atoms with Crippen molar-refractivity contribution in [2.24, 2.45) is 0 Å². The predicted molar refractivity (Wildman–Crippen MR) is 70.0 cm³/mol. The van der Waals surface area contributed by atoms with E-state index in [-0.39, 0.29) is 5.56 Å². The third kappa shape index (κ3) is 3.52. The van der Waals surface area contributed by atoms with E-state index < -0.39 is 33.8 Å².